The molecule has 0 fully saturated rings. The van der Waals surface area contributed by atoms with Crippen molar-refractivity contribution in [3.05, 3.63) is 46.8 Å². The van der Waals surface area contributed by atoms with Crippen LogP contribution in [0.25, 0.3) is 0 Å². The zero-order valence-corrected chi connectivity index (χ0v) is 12.7. The van der Waals surface area contributed by atoms with Gasteiger partial charge < -0.3 is 9.84 Å². The Balaban J connectivity index is 2.08. The highest BCUT2D eigenvalue weighted by atomic mass is 16.5. The second-order valence-corrected chi connectivity index (χ2v) is 4.82. The first-order valence-electron chi connectivity index (χ1n) is 7.00. The summed E-state index contributed by atoms with van der Waals surface area (Å²) < 4.78 is 7.78. The van der Waals surface area contributed by atoms with E-state index in [1.807, 2.05) is 42.8 Å². The molecular weight excluding hydrogens is 264 g/mol. The van der Waals surface area contributed by atoms with Crippen molar-refractivity contribution >= 4 is 0 Å². The van der Waals surface area contributed by atoms with Crippen molar-refractivity contribution in [3.63, 3.8) is 0 Å². The van der Waals surface area contributed by atoms with Gasteiger partial charge in [0.05, 0.1) is 11.4 Å². The average Bonchev–Trinajstić information content (AvgIpc) is 2.84. The summed E-state index contributed by atoms with van der Waals surface area (Å²) in [7, 11) is 0. The maximum Gasteiger partial charge on any atom is 0.130 e. The zero-order chi connectivity index (χ0) is 15.2. The molecule has 0 spiro atoms. The van der Waals surface area contributed by atoms with Gasteiger partial charge in [0, 0.05) is 12.1 Å². The molecule has 0 aliphatic rings. The summed E-state index contributed by atoms with van der Waals surface area (Å²) in [6.45, 7) is 7.23. The summed E-state index contributed by atoms with van der Waals surface area (Å²) in [5, 5.41) is 13.1. The second-order valence-electron chi connectivity index (χ2n) is 4.82. The lowest BCUT2D eigenvalue weighted by Crippen LogP contribution is -2.06. The number of aryl methyl sites for hydroxylation is 3. The lowest BCUT2D eigenvalue weighted by Gasteiger charge is -2.09. The fraction of sp³-hybridized carbons (Fsp3) is 0.353. The molecule has 4 nitrogen and oxygen atoms in total. The third-order valence-electron chi connectivity index (χ3n) is 3.17. The quantitative estimate of drug-likeness (QED) is 0.877. The van der Waals surface area contributed by atoms with Crippen LogP contribution in [0.4, 0.5) is 0 Å². The summed E-state index contributed by atoms with van der Waals surface area (Å²) in [4.78, 5) is 0. The van der Waals surface area contributed by atoms with E-state index in [1.54, 1.807) is 0 Å². The summed E-state index contributed by atoms with van der Waals surface area (Å²) >= 11 is 0. The first-order chi connectivity index (χ1) is 10.1. The van der Waals surface area contributed by atoms with Gasteiger partial charge in [0.15, 0.2) is 0 Å². The Bertz CT molecular complexity index is 678. The van der Waals surface area contributed by atoms with Crippen molar-refractivity contribution in [1.29, 1.82) is 0 Å². The summed E-state index contributed by atoms with van der Waals surface area (Å²) in [5.41, 5.74) is 4.01. The van der Waals surface area contributed by atoms with Crippen LogP contribution in [0.2, 0.25) is 0 Å². The molecule has 1 aromatic carbocycles. The van der Waals surface area contributed by atoms with Gasteiger partial charge in [0.25, 0.3) is 0 Å². The molecule has 2 rings (SSSR count). The second kappa shape index (κ2) is 6.96. The van der Waals surface area contributed by atoms with Crippen molar-refractivity contribution in [1.82, 2.24) is 9.78 Å². The van der Waals surface area contributed by atoms with Gasteiger partial charge in [-0.3, -0.25) is 4.68 Å². The minimum atomic E-state index is -0.127. The van der Waals surface area contributed by atoms with Gasteiger partial charge in [0.1, 0.15) is 19.0 Å². The van der Waals surface area contributed by atoms with E-state index in [9.17, 15) is 0 Å². The number of aromatic nitrogens is 2. The van der Waals surface area contributed by atoms with Gasteiger partial charge in [-0.1, -0.05) is 11.8 Å². The molecule has 110 valence electrons. The van der Waals surface area contributed by atoms with Crippen molar-refractivity contribution in [2.24, 2.45) is 0 Å². The highest BCUT2D eigenvalue weighted by molar-refractivity contribution is 5.44. The molecule has 2 aromatic rings. The first-order valence-corrected chi connectivity index (χ1v) is 7.00. The molecule has 0 amide bonds. The van der Waals surface area contributed by atoms with E-state index >= 15 is 0 Å². The molecule has 0 saturated heterocycles. The van der Waals surface area contributed by atoms with Gasteiger partial charge in [-0.25, -0.2) is 0 Å². The fourth-order valence-corrected chi connectivity index (χ4v) is 2.15. The van der Waals surface area contributed by atoms with E-state index in [4.69, 9.17) is 9.84 Å². The highest BCUT2D eigenvalue weighted by Gasteiger charge is 2.05. The molecule has 0 saturated carbocycles. The van der Waals surface area contributed by atoms with E-state index in [1.165, 1.54) is 0 Å². The SMILES string of the molecule is CCn1nc(C)cc1COc1ccc(C#CCO)c(C)c1. The summed E-state index contributed by atoms with van der Waals surface area (Å²) in [5.74, 6) is 6.38. The Morgan fingerprint density at radius 1 is 1.29 bits per heavy atom. The van der Waals surface area contributed by atoms with Crippen molar-refractivity contribution in [2.75, 3.05) is 6.61 Å². The number of hydrogen-bond acceptors (Lipinski definition) is 3. The molecule has 1 aromatic heterocycles. The van der Waals surface area contributed by atoms with E-state index in [-0.39, 0.29) is 6.61 Å². The number of rotatable bonds is 4. The van der Waals surface area contributed by atoms with Gasteiger partial charge >= 0.3 is 0 Å². The monoisotopic (exact) mass is 284 g/mol. The Kier molecular flexibility index (Phi) is 5.02. The van der Waals surface area contributed by atoms with Gasteiger partial charge in [-0.2, -0.15) is 5.10 Å². The zero-order valence-electron chi connectivity index (χ0n) is 12.7. The molecule has 1 N–H and O–H groups in total. The standard InChI is InChI=1S/C17H20N2O2/c1-4-19-16(11-14(3)18-19)12-21-17-8-7-15(6-5-9-20)13(2)10-17/h7-8,10-11,20H,4,9,12H2,1-3H3. The van der Waals surface area contributed by atoms with Crippen molar-refractivity contribution in [3.8, 4) is 17.6 Å². The molecule has 0 bridgehead atoms. The molecule has 0 aliphatic carbocycles. The first kappa shape index (κ1) is 15.1. The van der Waals surface area contributed by atoms with Crippen LogP contribution in [0.1, 0.15) is 29.4 Å². The highest BCUT2D eigenvalue weighted by Crippen LogP contribution is 2.18. The normalized spacial score (nSPS) is 10.1. The number of nitrogens with zero attached hydrogens (tertiary/aromatic N) is 2. The van der Waals surface area contributed by atoms with Crippen LogP contribution in [0.5, 0.6) is 5.75 Å². The minimum absolute atomic E-state index is 0.127. The Morgan fingerprint density at radius 2 is 2.10 bits per heavy atom. The van der Waals surface area contributed by atoms with Crippen LogP contribution in [0.3, 0.4) is 0 Å². The number of aliphatic hydroxyl groups is 1. The Hall–Kier alpha value is -2.25. The topological polar surface area (TPSA) is 47.3 Å². The van der Waals surface area contributed by atoms with Crippen LogP contribution in [0.15, 0.2) is 24.3 Å². The predicted molar refractivity (Wildman–Crippen MR) is 82.1 cm³/mol. The van der Waals surface area contributed by atoms with Gasteiger partial charge in [0.2, 0.25) is 0 Å². The van der Waals surface area contributed by atoms with E-state index < -0.39 is 0 Å². The van der Waals surface area contributed by atoms with Crippen LogP contribution >= 0.6 is 0 Å². The molecule has 0 radical (unpaired) electrons. The maximum absolute atomic E-state index is 8.73. The van der Waals surface area contributed by atoms with Crippen LogP contribution in [0, 0.1) is 25.7 Å². The van der Waals surface area contributed by atoms with Crippen molar-refractivity contribution < 1.29 is 9.84 Å². The van der Waals surface area contributed by atoms with Crippen LogP contribution in [-0.2, 0) is 13.2 Å². The van der Waals surface area contributed by atoms with Crippen LogP contribution < -0.4 is 4.74 Å². The number of benzene rings is 1. The van der Waals surface area contributed by atoms with Gasteiger partial charge in [-0.05, 0) is 50.6 Å². The van der Waals surface area contributed by atoms with E-state index in [0.717, 1.165) is 34.8 Å². The molecule has 1 heterocycles. The third kappa shape index (κ3) is 3.87. The molecule has 0 aliphatic heterocycles. The Morgan fingerprint density at radius 3 is 2.76 bits per heavy atom. The summed E-state index contributed by atoms with van der Waals surface area (Å²) in [6.07, 6.45) is 0. The molecule has 4 heteroatoms. The summed E-state index contributed by atoms with van der Waals surface area (Å²) in [6, 6.07) is 7.81. The van der Waals surface area contributed by atoms with E-state index in [2.05, 4.69) is 23.9 Å². The Labute approximate surface area is 125 Å². The smallest absolute Gasteiger partial charge is 0.130 e. The minimum Gasteiger partial charge on any atom is -0.487 e. The lowest BCUT2D eigenvalue weighted by atomic mass is 10.1. The number of ether oxygens (including phenoxy) is 1. The largest absolute Gasteiger partial charge is 0.487 e. The van der Waals surface area contributed by atoms with Crippen molar-refractivity contribution in [2.45, 2.75) is 33.9 Å². The third-order valence-corrected chi connectivity index (χ3v) is 3.17. The number of aliphatic hydroxyl groups excluding tert-OH is 1. The fourth-order valence-electron chi connectivity index (χ4n) is 2.15. The molecule has 21 heavy (non-hydrogen) atoms. The lowest BCUT2D eigenvalue weighted by molar-refractivity contribution is 0.292. The van der Waals surface area contributed by atoms with Crippen LogP contribution in [-0.4, -0.2) is 21.5 Å². The van der Waals surface area contributed by atoms with E-state index in [0.29, 0.717) is 6.61 Å². The van der Waals surface area contributed by atoms with Gasteiger partial charge in [-0.15, -0.1) is 0 Å². The molecule has 0 unspecified atom stereocenters. The average molecular weight is 284 g/mol. The molecule has 0 atom stereocenters. The molecular formula is C17H20N2O2. The number of hydrogen-bond donors (Lipinski definition) is 1. The maximum atomic E-state index is 8.73. The predicted octanol–water partition coefficient (Wildman–Crippen LogP) is 2.44.